The van der Waals surface area contributed by atoms with Crippen LogP contribution in [0.25, 0.3) is 10.9 Å². The van der Waals surface area contributed by atoms with Gasteiger partial charge in [-0.1, -0.05) is 42.6 Å². The Kier molecular flexibility index (Phi) is 6.58. The van der Waals surface area contributed by atoms with E-state index in [9.17, 15) is 4.79 Å². The van der Waals surface area contributed by atoms with Gasteiger partial charge in [0.05, 0.1) is 18.5 Å². The normalized spacial score (nSPS) is 20.1. The average Bonchev–Trinajstić information content (AvgIpc) is 3.35. The highest BCUT2D eigenvalue weighted by molar-refractivity contribution is 5.91. The van der Waals surface area contributed by atoms with E-state index in [1.54, 1.807) is 7.11 Å². The summed E-state index contributed by atoms with van der Waals surface area (Å²) in [5.41, 5.74) is 2.80. The number of carbonyl (C=O) groups excluding carboxylic acids is 1. The second-order valence-corrected chi connectivity index (χ2v) is 9.33. The summed E-state index contributed by atoms with van der Waals surface area (Å²) in [5.74, 6) is 1.25. The molecule has 33 heavy (non-hydrogen) atoms. The number of hydrogen-bond acceptors (Lipinski definition) is 6. The number of nitrogens with one attached hydrogen (secondary N) is 1. The molecule has 2 aromatic heterocycles. The van der Waals surface area contributed by atoms with Crippen LogP contribution in [0.1, 0.15) is 72.8 Å². The molecule has 0 unspecified atom stereocenters. The van der Waals surface area contributed by atoms with E-state index in [0.29, 0.717) is 5.76 Å². The van der Waals surface area contributed by atoms with Gasteiger partial charge in [-0.25, -0.2) is 4.98 Å². The fraction of sp³-hybridized carbons (Fsp3) is 0.500. The molecule has 2 aliphatic rings. The van der Waals surface area contributed by atoms with Crippen LogP contribution in [0.2, 0.25) is 0 Å². The summed E-state index contributed by atoms with van der Waals surface area (Å²) in [7, 11) is 1.68. The van der Waals surface area contributed by atoms with Crippen molar-refractivity contribution in [3.05, 3.63) is 53.5 Å². The zero-order valence-corrected chi connectivity index (χ0v) is 19.3. The summed E-state index contributed by atoms with van der Waals surface area (Å²) >= 11 is 0. The second kappa shape index (κ2) is 9.91. The van der Waals surface area contributed by atoms with Crippen LogP contribution >= 0.6 is 0 Å². The quantitative estimate of drug-likeness (QED) is 0.590. The number of pyridine rings is 1. The zero-order chi connectivity index (χ0) is 22.6. The van der Waals surface area contributed by atoms with E-state index in [0.717, 1.165) is 73.4 Å². The maximum absolute atomic E-state index is 12.6. The molecule has 1 aliphatic heterocycles. The molecule has 1 aromatic carbocycles. The van der Waals surface area contributed by atoms with Crippen LogP contribution in [-0.4, -0.2) is 47.2 Å². The van der Waals surface area contributed by atoms with Gasteiger partial charge in [0, 0.05) is 36.5 Å². The number of likely N-dealkylation sites (tertiary alicyclic amines) is 1. The lowest BCUT2D eigenvalue weighted by Crippen LogP contribution is -2.36. The molecule has 174 valence electrons. The van der Waals surface area contributed by atoms with Crippen molar-refractivity contribution in [1.29, 1.82) is 0 Å². The van der Waals surface area contributed by atoms with Crippen molar-refractivity contribution in [3.8, 4) is 5.75 Å². The molecule has 0 bridgehead atoms. The Hall–Kier alpha value is -2.93. The van der Waals surface area contributed by atoms with Crippen molar-refractivity contribution in [1.82, 2.24) is 20.4 Å². The smallest absolute Gasteiger partial charge is 0.290 e. The molecule has 1 atom stereocenters. The first-order valence-corrected chi connectivity index (χ1v) is 12.1. The van der Waals surface area contributed by atoms with E-state index in [1.165, 1.54) is 19.3 Å². The first-order chi connectivity index (χ1) is 16.2. The molecule has 1 N–H and O–H groups in total. The first kappa shape index (κ1) is 21.9. The summed E-state index contributed by atoms with van der Waals surface area (Å²) in [6, 6.07) is 12.3. The molecule has 1 saturated heterocycles. The molecule has 2 fully saturated rings. The fourth-order valence-electron chi connectivity index (χ4n) is 5.17. The van der Waals surface area contributed by atoms with Crippen LogP contribution in [0.4, 0.5) is 0 Å². The molecule has 1 aliphatic carbocycles. The molecule has 1 saturated carbocycles. The van der Waals surface area contributed by atoms with E-state index in [-0.39, 0.29) is 17.9 Å². The van der Waals surface area contributed by atoms with Crippen LogP contribution < -0.4 is 10.1 Å². The molecule has 0 radical (unpaired) electrons. The van der Waals surface area contributed by atoms with Gasteiger partial charge in [-0.3, -0.25) is 9.69 Å². The Morgan fingerprint density at radius 1 is 1.15 bits per heavy atom. The fourth-order valence-corrected chi connectivity index (χ4v) is 5.17. The molecular weight excluding hydrogens is 416 g/mol. The van der Waals surface area contributed by atoms with Crippen LogP contribution in [0.5, 0.6) is 5.75 Å². The van der Waals surface area contributed by atoms with Gasteiger partial charge < -0.3 is 14.6 Å². The number of ether oxygens (including phenoxy) is 1. The number of rotatable bonds is 6. The predicted octanol–water partition coefficient (Wildman–Crippen LogP) is 4.67. The maximum Gasteiger partial charge on any atom is 0.290 e. The van der Waals surface area contributed by atoms with Gasteiger partial charge in [0.15, 0.2) is 0 Å². The molecule has 3 heterocycles. The molecule has 7 heteroatoms. The Bertz CT molecular complexity index is 1110. The number of aromatic nitrogens is 2. The van der Waals surface area contributed by atoms with Gasteiger partial charge in [-0.05, 0) is 44.4 Å². The van der Waals surface area contributed by atoms with Crippen molar-refractivity contribution in [2.24, 2.45) is 0 Å². The minimum absolute atomic E-state index is 0.136. The van der Waals surface area contributed by atoms with Crippen molar-refractivity contribution < 1.29 is 14.1 Å². The number of carbonyl (C=O) groups is 1. The van der Waals surface area contributed by atoms with E-state index < -0.39 is 0 Å². The van der Waals surface area contributed by atoms with Crippen molar-refractivity contribution >= 4 is 16.8 Å². The molecular formula is C26H32N4O3. The SMILES string of the molecule is COc1cccc2ccc(CN3CCC[C@H](c4cc(C(=O)NC5CCCCC5)on4)C3)nc12. The van der Waals surface area contributed by atoms with Crippen LogP contribution in [-0.2, 0) is 6.54 Å². The summed E-state index contributed by atoms with van der Waals surface area (Å²) in [6.45, 7) is 2.67. The highest BCUT2D eigenvalue weighted by atomic mass is 16.5. The Morgan fingerprint density at radius 3 is 2.88 bits per heavy atom. The van der Waals surface area contributed by atoms with Gasteiger partial charge in [-0.2, -0.15) is 0 Å². The molecule has 7 nitrogen and oxygen atoms in total. The largest absolute Gasteiger partial charge is 0.494 e. The number of benzene rings is 1. The third-order valence-electron chi connectivity index (χ3n) is 6.96. The standard InChI is InChI=1S/C26H32N4O3/c1-32-23-11-5-7-18-12-13-21(27-25(18)23)17-30-14-6-8-19(16-30)22-15-24(33-29-22)26(31)28-20-9-3-2-4-10-20/h5,7,11-13,15,19-20H,2-4,6,8-10,14,16-17H2,1H3,(H,28,31)/t19-/m0/s1. The lowest BCUT2D eigenvalue weighted by Gasteiger charge is -2.31. The topological polar surface area (TPSA) is 80.5 Å². The Balaban J connectivity index is 1.23. The van der Waals surface area contributed by atoms with E-state index in [1.807, 2.05) is 18.2 Å². The van der Waals surface area contributed by atoms with Gasteiger partial charge in [-0.15, -0.1) is 0 Å². The maximum atomic E-state index is 12.6. The summed E-state index contributed by atoms with van der Waals surface area (Å²) in [5, 5.41) is 8.46. The minimum atomic E-state index is -0.136. The molecule has 0 spiro atoms. The lowest BCUT2D eigenvalue weighted by atomic mass is 9.94. The Morgan fingerprint density at radius 2 is 2.03 bits per heavy atom. The summed E-state index contributed by atoms with van der Waals surface area (Å²) in [4.78, 5) is 19.9. The number of nitrogens with zero attached hydrogens (tertiary/aromatic N) is 3. The van der Waals surface area contributed by atoms with E-state index in [4.69, 9.17) is 14.2 Å². The summed E-state index contributed by atoms with van der Waals surface area (Å²) in [6.07, 6.45) is 7.87. The number of amides is 1. The van der Waals surface area contributed by atoms with Crippen LogP contribution in [0.3, 0.4) is 0 Å². The highest BCUT2D eigenvalue weighted by Crippen LogP contribution is 2.29. The Labute approximate surface area is 194 Å². The first-order valence-electron chi connectivity index (χ1n) is 12.1. The predicted molar refractivity (Wildman–Crippen MR) is 126 cm³/mol. The van der Waals surface area contributed by atoms with Gasteiger partial charge in [0.25, 0.3) is 5.91 Å². The summed E-state index contributed by atoms with van der Waals surface area (Å²) < 4.78 is 10.9. The van der Waals surface area contributed by atoms with Gasteiger partial charge >= 0.3 is 0 Å². The molecule has 1 amide bonds. The second-order valence-electron chi connectivity index (χ2n) is 9.33. The third kappa shape index (κ3) is 5.03. The monoisotopic (exact) mass is 448 g/mol. The minimum Gasteiger partial charge on any atom is -0.494 e. The van der Waals surface area contributed by atoms with Gasteiger partial charge in [0.2, 0.25) is 5.76 Å². The number of fused-ring (bicyclic) bond motifs is 1. The number of methoxy groups -OCH3 is 1. The zero-order valence-electron chi connectivity index (χ0n) is 19.3. The average molecular weight is 449 g/mol. The highest BCUT2D eigenvalue weighted by Gasteiger charge is 2.26. The molecule has 5 rings (SSSR count). The van der Waals surface area contributed by atoms with Crippen molar-refractivity contribution in [2.45, 2.75) is 63.5 Å². The molecule has 3 aromatic rings. The lowest BCUT2D eigenvalue weighted by molar-refractivity contribution is 0.0890. The van der Waals surface area contributed by atoms with Crippen molar-refractivity contribution in [2.75, 3.05) is 20.2 Å². The number of para-hydroxylation sites is 1. The van der Waals surface area contributed by atoms with Crippen LogP contribution in [0.15, 0.2) is 40.9 Å². The van der Waals surface area contributed by atoms with Crippen molar-refractivity contribution in [3.63, 3.8) is 0 Å². The third-order valence-corrected chi connectivity index (χ3v) is 6.96. The number of piperidine rings is 1. The van der Waals surface area contributed by atoms with Crippen LogP contribution in [0, 0.1) is 0 Å². The van der Waals surface area contributed by atoms with E-state index in [2.05, 4.69) is 33.6 Å². The van der Waals surface area contributed by atoms with E-state index >= 15 is 0 Å². The number of hydrogen-bond donors (Lipinski definition) is 1. The van der Waals surface area contributed by atoms with Gasteiger partial charge in [0.1, 0.15) is 11.3 Å².